The zero-order valence-corrected chi connectivity index (χ0v) is 14.4. The Morgan fingerprint density at radius 2 is 2.09 bits per heavy atom. The quantitative estimate of drug-likeness (QED) is 0.738. The summed E-state index contributed by atoms with van der Waals surface area (Å²) in [4.78, 5) is 23.8. The van der Waals surface area contributed by atoms with Crippen molar-refractivity contribution in [1.82, 2.24) is 15.5 Å². The monoisotopic (exact) mass is 395 g/mol. The molecule has 0 bridgehead atoms. The molecule has 3 rings (SSSR count). The second kappa shape index (κ2) is 6.37. The van der Waals surface area contributed by atoms with Gasteiger partial charge in [0, 0.05) is 15.8 Å². The predicted molar refractivity (Wildman–Crippen MR) is 91.5 cm³/mol. The van der Waals surface area contributed by atoms with Crippen LogP contribution in [0.4, 0.5) is 0 Å². The number of H-pyrrole nitrogens is 1. The van der Waals surface area contributed by atoms with Crippen LogP contribution in [0.5, 0.6) is 0 Å². The van der Waals surface area contributed by atoms with E-state index < -0.39 is 17.4 Å². The van der Waals surface area contributed by atoms with Gasteiger partial charge in [0.15, 0.2) is 0 Å². The minimum absolute atomic E-state index is 0.250. The number of aromatic amines is 1. The maximum atomic E-state index is 12.3. The van der Waals surface area contributed by atoms with Crippen LogP contribution in [-0.2, 0) is 4.79 Å². The van der Waals surface area contributed by atoms with Crippen LogP contribution in [0.2, 0.25) is 0 Å². The first-order valence-electron chi connectivity index (χ1n) is 6.95. The summed E-state index contributed by atoms with van der Waals surface area (Å²) < 4.78 is 0.955. The third kappa shape index (κ3) is 3.28. The third-order valence-corrected chi connectivity index (χ3v) is 5.46. The van der Waals surface area contributed by atoms with Crippen molar-refractivity contribution in [2.45, 2.75) is 12.0 Å². The van der Waals surface area contributed by atoms with Crippen LogP contribution in [0.25, 0.3) is 11.3 Å². The lowest BCUT2D eigenvalue weighted by atomic mass is 9.99. The summed E-state index contributed by atoms with van der Waals surface area (Å²) >= 11 is 4.89. The van der Waals surface area contributed by atoms with E-state index in [1.807, 2.05) is 24.3 Å². The zero-order valence-electron chi connectivity index (χ0n) is 12.0. The first-order valence-corrected chi connectivity index (χ1v) is 8.90. The number of nitrogens with one attached hydrogen (secondary N) is 2. The molecule has 8 heteroatoms. The second-order valence-corrected chi connectivity index (χ2v) is 7.34. The summed E-state index contributed by atoms with van der Waals surface area (Å²) in [6.07, 6.45) is 0.423. The van der Waals surface area contributed by atoms with Crippen LogP contribution in [0, 0.1) is 0 Å². The molecule has 2 heterocycles. The average Bonchev–Trinajstić information content (AvgIpc) is 3.17. The lowest BCUT2D eigenvalue weighted by Gasteiger charge is -2.23. The van der Waals surface area contributed by atoms with Gasteiger partial charge in [-0.3, -0.25) is 9.89 Å². The smallest absolute Gasteiger partial charge is 0.330 e. The number of carboxylic acid groups (broad SMARTS) is 1. The molecule has 0 saturated carbocycles. The highest BCUT2D eigenvalue weighted by Crippen LogP contribution is 2.29. The van der Waals surface area contributed by atoms with Gasteiger partial charge in [-0.05, 0) is 30.4 Å². The van der Waals surface area contributed by atoms with Crippen LogP contribution in [0.15, 0.2) is 34.8 Å². The van der Waals surface area contributed by atoms with Crippen LogP contribution in [-0.4, -0.2) is 44.2 Å². The van der Waals surface area contributed by atoms with Crippen molar-refractivity contribution >= 4 is 39.6 Å². The molecule has 23 heavy (non-hydrogen) atoms. The van der Waals surface area contributed by atoms with E-state index in [2.05, 4.69) is 31.4 Å². The van der Waals surface area contributed by atoms with Gasteiger partial charge in [0.25, 0.3) is 5.91 Å². The average molecular weight is 396 g/mol. The highest BCUT2D eigenvalue weighted by molar-refractivity contribution is 9.10. The lowest BCUT2D eigenvalue weighted by Crippen LogP contribution is -2.54. The molecule has 1 unspecified atom stereocenters. The molecule has 1 aromatic carbocycles. The number of hydrogen-bond donors (Lipinski definition) is 3. The fourth-order valence-corrected chi connectivity index (χ4v) is 3.97. The minimum atomic E-state index is -1.19. The largest absolute Gasteiger partial charge is 0.479 e. The number of carboxylic acids is 1. The molecule has 1 aromatic heterocycles. The van der Waals surface area contributed by atoms with Gasteiger partial charge in [0.2, 0.25) is 0 Å². The van der Waals surface area contributed by atoms with Gasteiger partial charge >= 0.3 is 5.97 Å². The Morgan fingerprint density at radius 1 is 1.35 bits per heavy atom. The Kier molecular flexibility index (Phi) is 4.45. The molecule has 0 radical (unpaired) electrons. The number of carbonyl (C=O) groups is 2. The first kappa shape index (κ1) is 16.1. The zero-order chi connectivity index (χ0) is 16.4. The molecule has 3 N–H and O–H groups in total. The molecule has 1 amide bonds. The van der Waals surface area contributed by atoms with Crippen LogP contribution in [0.3, 0.4) is 0 Å². The van der Waals surface area contributed by atoms with E-state index in [0.717, 1.165) is 15.8 Å². The number of halogens is 1. The summed E-state index contributed by atoms with van der Waals surface area (Å²) in [6.45, 7) is 0. The topological polar surface area (TPSA) is 95.1 Å². The molecule has 1 aliphatic rings. The molecular formula is C15H14BrN3O3S. The number of thioether (sulfide) groups is 1. The Balaban J connectivity index is 1.78. The van der Waals surface area contributed by atoms with Crippen molar-refractivity contribution in [3.63, 3.8) is 0 Å². The Bertz CT molecular complexity index is 739. The summed E-state index contributed by atoms with van der Waals surface area (Å²) in [5.74, 6) is -0.351. The van der Waals surface area contributed by atoms with Gasteiger partial charge in [-0.15, -0.1) is 0 Å². The van der Waals surface area contributed by atoms with Crippen molar-refractivity contribution in [1.29, 1.82) is 0 Å². The number of rotatable bonds is 4. The third-order valence-electron chi connectivity index (χ3n) is 3.75. The number of aliphatic carboxylic acids is 1. The Hall–Kier alpha value is -1.80. The van der Waals surface area contributed by atoms with Crippen molar-refractivity contribution in [3.8, 4) is 11.3 Å². The maximum absolute atomic E-state index is 12.3. The molecule has 1 saturated heterocycles. The lowest BCUT2D eigenvalue weighted by molar-refractivity contribution is -0.143. The van der Waals surface area contributed by atoms with Crippen molar-refractivity contribution < 1.29 is 14.7 Å². The molecule has 0 aliphatic carbocycles. The number of amides is 1. The second-order valence-electron chi connectivity index (χ2n) is 5.32. The van der Waals surface area contributed by atoms with Crippen molar-refractivity contribution in [2.75, 3.05) is 11.5 Å². The number of nitrogens with zero attached hydrogens (tertiary/aromatic N) is 1. The molecule has 1 atom stereocenters. The van der Waals surface area contributed by atoms with E-state index in [4.69, 9.17) is 0 Å². The molecule has 120 valence electrons. The molecule has 0 spiro atoms. The van der Waals surface area contributed by atoms with E-state index in [-0.39, 0.29) is 5.69 Å². The van der Waals surface area contributed by atoms with Crippen molar-refractivity contribution in [3.05, 3.63) is 40.5 Å². The van der Waals surface area contributed by atoms with E-state index in [9.17, 15) is 14.7 Å². The highest BCUT2D eigenvalue weighted by Gasteiger charge is 2.43. The van der Waals surface area contributed by atoms with E-state index >= 15 is 0 Å². The fraction of sp³-hybridized carbons (Fsp3) is 0.267. The number of benzene rings is 1. The maximum Gasteiger partial charge on any atom is 0.330 e. The summed E-state index contributed by atoms with van der Waals surface area (Å²) in [5, 5.41) is 18.9. The van der Waals surface area contributed by atoms with Gasteiger partial charge in [-0.25, -0.2) is 4.79 Å². The minimum Gasteiger partial charge on any atom is -0.479 e. The molecule has 1 aliphatic heterocycles. The van der Waals surface area contributed by atoms with Gasteiger partial charge in [0.05, 0.1) is 5.69 Å². The standard InChI is InChI=1S/C15H14BrN3O3S/c16-10-3-1-9(2-4-10)11-7-12(19-18-11)13(20)17-15(14(21)22)5-6-23-8-15/h1-4,7H,5-6,8H2,(H,17,20)(H,18,19)(H,21,22). The van der Waals surface area contributed by atoms with Gasteiger partial charge in [-0.1, -0.05) is 28.1 Å². The van der Waals surface area contributed by atoms with Gasteiger partial charge in [-0.2, -0.15) is 16.9 Å². The number of hydrogen-bond acceptors (Lipinski definition) is 4. The summed E-state index contributed by atoms with van der Waals surface area (Å²) in [7, 11) is 0. The van der Waals surface area contributed by atoms with E-state index in [1.54, 1.807) is 6.07 Å². The normalized spacial score (nSPS) is 20.4. The number of aromatic nitrogens is 2. The molecule has 2 aromatic rings. The molecule has 6 nitrogen and oxygen atoms in total. The van der Waals surface area contributed by atoms with E-state index in [1.165, 1.54) is 11.8 Å². The highest BCUT2D eigenvalue weighted by atomic mass is 79.9. The number of carbonyl (C=O) groups excluding carboxylic acids is 1. The molecular weight excluding hydrogens is 382 g/mol. The van der Waals surface area contributed by atoms with Crippen LogP contribution >= 0.6 is 27.7 Å². The van der Waals surface area contributed by atoms with Crippen molar-refractivity contribution in [2.24, 2.45) is 0 Å². The van der Waals surface area contributed by atoms with Gasteiger partial charge in [0.1, 0.15) is 11.2 Å². The van der Waals surface area contributed by atoms with Crippen LogP contribution < -0.4 is 5.32 Å². The predicted octanol–water partition coefficient (Wildman–Crippen LogP) is 2.53. The fourth-order valence-electron chi connectivity index (χ4n) is 2.38. The van der Waals surface area contributed by atoms with Gasteiger partial charge < -0.3 is 10.4 Å². The van der Waals surface area contributed by atoms with Crippen LogP contribution in [0.1, 0.15) is 16.9 Å². The SMILES string of the molecule is O=C(NC1(C(=O)O)CCSC1)c1cc(-c2ccc(Br)cc2)n[nH]1. The Morgan fingerprint density at radius 3 is 2.70 bits per heavy atom. The summed E-state index contributed by atoms with van der Waals surface area (Å²) in [6, 6.07) is 9.16. The first-order chi connectivity index (χ1) is 11.0. The Labute approximate surface area is 145 Å². The molecule has 1 fully saturated rings. The van der Waals surface area contributed by atoms with E-state index in [0.29, 0.717) is 17.9 Å². The summed E-state index contributed by atoms with van der Waals surface area (Å²) in [5.41, 5.74) is 0.561.